The minimum Gasteiger partial charge on any atom is -0.436 e. The summed E-state index contributed by atoms with van der Waals surface area (Å²) in [5.74, 6) is -0.193. The number of nitrogens with one attached hydrogen (secondary N) is 1. The van der Waals surface area contributed by atoms with E-state index in [0.717, 1.165) is 67.9 Å². The molecule has 3 N–H and O–H groups in total. The number of nitrogen functional groups attached to an aromatic ring is 1. The topological polar surface area (TPSA) is 121 Å². The van der Waals surface area contributed by atoms with Crippen molar-refractivity contribution in [3.8, 4) is 0 Å². The van der Waals surface area contributed by atoms with Crippen molar-refractivity contribution < 1.29 is 23.9 Å². The Morgan fingerprint density at radius 2 is 1.70 bits per heavy atom. The molecule has 0 saturated carbocycles. The number of carbonyl (C=O) groups excluding carboxylic acids is 3. The molecule has 2 aromatic rings. The van der Waals surface area contributed by atoms with Crippen LogP contribution >= 0.6 is 11.6 Å². The van der Waals surface area contributed by atoms with Crippen LogP contribution in [-0.2, 0) is 27.1 Å². The number of anilines is 2. The Balaban J connectivity index is 1.09. The number of aryl methyl sites for hydroxylation is 1. The highest BCUT2D eigenvalue weighted by atomic mass is 35.5. The molecule has 11 nitrogen and oxygen atoms in total. The summed E-state index contributed by atoms with van der Waals surface area (Å²) in [6.07, 6.45) is 2.78. The van der Waals surface area contributed by atoms with E-state index in [-0.39, 0.29) is 24.4 Å². The van der Waals surface area contributed by atoms with Crippen LogP contribution in [0.4, 0.5) is 21.0 Å². The maximum Gasteiger partial charge on any atom is 0.410 e. The summed E-state index contributed by atoms with van der Waals surface area (Å²) in [4.78, 5) is 48.4. The molecule has 0 spiro atoms. The highest BCUT2D eigenvalue weighted by Gasteiger charge is 2.36. The van der Waals surface area contributed by atoms with Gasteiger partial charge >= 0.3 is 12.1 Å². The third kappa shape index (κ3) is 7.37. The molecule has 12 heteroatoms. The molecule has 4 aliphatic heterocycles. The fraction of sp³-hybridized carbons (Fsp3) is 0.559. The average molecular weight is 653 g/mol. The number of piperazine rings is 1. The van der Waals surface area contributed by atoms with Gasteiger partial charge in [0.1, 0.15) is 0 Å². The van der Waals surface area contributed by atoms with Gasteiger partial charge in [0, 0.05) is 83.2 Å². The molecule has 6 rings (SSSR count). The molecule has 46 heavy (non-hydrogen) atoms. The number of fused-ring (bicyclic) bond motifs is 1. The number of nitrogens with zero attached hydrogens (tertiary/aromatic N) is 4. The van der Waals surface area contributed by atoms with Crippen LogP contribution in [0.5, 0.6) is 0 Å². The molecule has 2 aromatic carbocycles. The van der Waals surface area contributed by atoms with Crippen LogP contribution < -0.4 is 11.1 Å². The average Bonchev–Trinajstić information content (AvgIpc) is 3.25. The molecule has 0 aliphatic carbocycles. The number of nitrogens with two attached hydrogens (primary N) is 1. The SMILES string of the molecule is Cc1cc(C[C@@H](OC(=O)N2CCC(N3CCc4ccccc4NC3=O)CC2)C(=O)N2CCN(C3CCOCC3)CC2)cc(Cl)c1N. The molecular formula is C34H45ClN6O5. The Morgan fingerprint density at radius 1 is 0.978 bits per heavy atom. The zero-order valence-electron chi connectivity index (χ0n) is 26.6. The van der Waals surface area contributed by atoms with E-state index in [1.54, 1.807) is 11.0 Å². The van der Waals surface area contributed by atoms with Gasteiger partial charge in [0.15, 0.2) is 6.10 Å². The lowest BCUT2D eigenvalue weighted by molar-refractivity contribution is -0.143. The molecule has 0 unspecified atom stereocenters. The fourth-order valence-electron chi connectivity index (χ4n) is 7.19. The number of hydrogen-bond donors (Lipinski definition) is 2. The smallest absolute Gasteiger partial charge is 0.410 e. The molecule has 0 bridgehead atoms. The van der Waals surface area contributed by atoms with E-state index in [9.17, 15) is 14.4 Å². The van der Waals surface area contributed by atoms with Crippen molar-refractivity contribution in [2.75, 3.05) is 70.1 Å². The number of likely N-dealkylation sites (tertiary alicyclic amines) is 1. The van der Waals surface area contributed by atoms with E-state index in [0.29, 0.717) is 62.3 Å². The van der Waals surface area contributed by atoms with E-state index in [4.69, 9.17) is 26.8 Å². The van der Waals surface area contributed by atoms with Crippen LogP contribution in [-0.4, -0.2) is 115 Å². The molecular weight excluding hydrogens is 608 g/mol. The first kappa shape index (κ1) is 32.4. The number of amides is 4. The fourth-order valence-corrected chi connectivity index (χ4v) is 7.48. The number of ether oxygens (including phenoxy) is 2. The monoisotopic (exact) mass is 652 g/mol. The van der Waals surface area contributed by atoms with E-state index in [2.05, 4.69) is 10.2 Å². The van der Waals surface area contributed by atoms with Gasteiger partial charge in [0.2, 0.25) is 0 Å². The van der Waals surface area contributed by atoms with Crippen molar-refractivity contribution in [2.45, 2.75) is 63.6 Å². The van der Waals surface area contributed by atoms with Crippen LogP contribution in [0.15, 0.2) is 36.4 Å². The summed E-state index contributed by atoms with van der Waals surface area (Å²) in [6, 6.07) is 11.9. The van der Waals surface area contributed by atoms with Crippen LogP contribution in [0, 0.1) is 6.92 Å². The molecule has 4 heterocycles. The lowest BCUT2D eigenvalue weighted by Gasteiger charge is -2.41. The van der Waals surface area contributed by atoms with Crippen molar-refractivity contribution >= 4 is 41.0 Å². The number of benzene rings is 2. The molecule has 0 radical (unpaired) electrons. The predicted octanol–water partition coefficient (Wildman–Crippen LogP) is 4.16. The zero-order chi connectivity index (χ0) is 32.2. The summed E-state index contributed by atoms with van der Waals surface area (Å²) < 4.78 is 11.6. The second-order valence-corrected chi connectivity index (χ2v) is 13.2. The normalized spacial score (nSPS) is 20.9. The molecule has 4 amide bonds. The highest BCUT2D eigenvalue weighted by molar-refractivity contribution is 6.33. The Kier molecular flexibility index (Phi) is 10.2. The van der Waals surface area contributed by atoms with E-state index >= 15 is 0 Å². The van der Waals surface area contributed by atoms with Gasteiger partial charge in [0.05, 0.1) is 10.7 Å². The summed E-state index contributed by atoms with van der Waals surface area (Å²) in [5.41, 5.74) is 10.2. The zero-order valence-corrected chi connectivity index (χ0v) is 27.3. The first-order chi connectivity index (χ1) is 22.3. The third-order valence-electron chi connectivity index (χ3n) is 9.97. The van der Waals surface area contributed by atoms with Gasteiger partial charge in [-0.05, 0) is 67.9 Å². The van der Waals surface area contributed by atoms with Crippen LogP contribution in [0.25, 0.3) is 0 Å². The maximum absolute atomic E-state index is 13.9. The highest BCUT2D eigenvalue weighted by Crippen LogP contribution is 2.28. The lowest BCUT2D eigenvalue weighted by atomic mass is 10.0. The van der Waals surface area contributed by atoms with Gasteiger partial charge in [-0.25, -0.2) is 9.59 Å². The summed E-state index contributed by atoms with van der Waals surface area (Å²) in [7, 11) is 0. The summed E-state index contributed by atoms with van der Waals surface area (Å²) in [6.45, 7) is 7.67. The van der Waals surface area contributed by atoms with Crippen LogP contribution in [0.1, 0.15) is 42.4 Å². The summed E-state index contributed by atoms with van der Waals surface area (Å²) >= 11 is 6.39. The number of hydrogen-bond acceptors (Lipinski definition) is 7. The maximum atomic E-state index is 13.9. The Morgan fingerprint density at radius 3 is 2.41 bits per heavy atom. The van der Waals surface area contributed by atoms with E-state index < -0.39 is 12.2 Å². The molecule has 1 atom stereocenters. The Hall–Kier alpha value is -3.54. The number of rotatable bonds is 6. The first-order valence-corrected chi connectivity index (χ1v) is 16.9. The molecule has 4 aliphatic rings. The van der Waals surface area contributed by atoms with Gasteiger partial charge in [-0.2, -0.15) is 0 Å². The molecule has 3 saturated heterocycles. The lowest BCUT2D eigenvalue weighted by Crippen LogP contribution is -2.56. The minimum atomic E-state index is -0.992. The van der Waals surface area contributed by atoms with E-state index in [1.807, 2.05) is 47.1 Å². The predicted molar refractivity (Wildman–Crippen MR) is 177 cm³/mol. The van der Waals surface area contributed by atoms with Crippen LogP contribution in [0.2, 0.25) is 5.02 Å². The van der Waals surface area contributed by atoms with Crippen molar-refractivity contribution in [3.63, 3.8) is 0 Å². The van der Waals surface area contributed by atoms with Gasteiger partial charge in [-0.3, -0.25) is 9.69 Å². The number of halogens is 1. The van der Waals surface area contributed by atoms with Crippen molar-refractivity contribution in [3.05, 3.63) is 58.1 Å². The van der Waals surface area contributed by atoms with E-state index in [1.165, 1.54) is 0 Å². The van der Waals surface area contributed by atoms with Gasteiger partial charge in [-0.1, -0.05) is 35.9 Å². The quantitative estimate of drug-likeness (QED) is 0.450. The van der Waals surface area contributed by atoms with Crippen molar-refractivity contribution in [2.24, 2.45) is 0 Å². The molecule has 3 fully saturated rings. The number of piperidine rings is 1. The Bertz CT molecular complexity index is 1400. The standard InChI is InChI=1S/C34H45ClN6O5/c1-23-20-24(21-28(35)31(23)36)22-30(32(42)39-16-14-38(15-17-39)26-9-18-45-19-10-26)46-34(44)40-11-7-27(8-12-40)41-13-6-25-4-2-3-5-29(25)37-33(41)43/h2-5,20-21,26-27,30H,6-19,22,36H2,1H3,(H,37,43)/t30-/m1/s1. The number of para-hydroxylation sites is 1. The largest absolute Gasteiger partial charge is 0.436 e. The van der Waals surface area contributed by atoms with Crippen LogP contribution in [0.3, 0.4) is 0 Å². The van der Waals surface area contributed by atoms with Gasteiger partial charge < -0.3 is 35.2 Å². The van der Waals surface area contributed by atoms with Gasteiger partial charge in [-0.15, -0.1) is 0 Å². The van der Waals surface area contributed by atoms with Gasteiger partial charge in [0.25, 0.3) is 5.91 Å². The minimum absolute atomic E-state index is 0.0164. The Labute approximate surface area is 275 Å². The van der Waals surface area contributed by atoms with Crippen molar-refractivity contribution in [1.82, 2.24) is 19.6 Å². The second kappa shape index (κ2) is 14.5. The molecule has 0 aromatic heterocycles. The van der Waals surface area contributed by atoms with Crippen molar-refractivity contribution in [1.29, 1.82) is 0 Å². The second-order valence-electron chi connectivity index (χ2n) is 12.8. The number of carbonyl (C=O) groups is 3. The number of urea groups is 1. The third-order valence-corrected chi connectivity index (χ3v) is 10.3. The summed E-state index contributed by atoms with van der Waals surface area (Å²) in [5, 5.41) is 3.46. The molecule has 248 valence electrons. The first-order valence-electron chi connectivity index (χ1n) is 16.5.